The van der Waals surface area contributed by atoms with Gasteiger partial charge in [0.1, 0.15) is 5.69 Å². The molecule has 0 unspecified atom stereocenters. The van der Waals surface area contributed by atoms with Gasteiger partial charge in [-0.25, -0.2) is 15.1 Å². The number of rotatable bonds is 5. The van der Waals surface area contributed by atoms with Gasteiger partial charge in [-0.1, -0.05) is 30.3 Å². The zero-order valence-corrected chi connectivity index (χ0v) is 17.9. The fraction of sp³-hybridized carbons (Fsp3) is 0.0909. The zero-order valence-electron chi connectivity index (χ0n) is 17.1. The summed E-state index contributed by atoms with van der Waals surface area (Å²) >= 11 is 0.859. The van der Waals surface area contributed by atoms with Crippen LogP contribution >= 0.6 is 11.3 Å². The normalized spacial score (nSPS) is 12.9. The predicted octanol–water partition coefficient (Wildman–Crippen LogP) is 4.51. The summed E-state index contributed by atoms with van der Waals surface area (Å²) in [6.45, 7) is 0.137. The molecule has 0 spiro atoms. The SMILES string of the molecule is O=C(N/N=C/c1ccc2c(c1)OCO2)c1csc(-n2nc(-c3ccccc3)cc2C(F)(F)F)n1. The standard InChI is InChI=1S/C22H14F3N5O3S/c23-22(24,25)19-9-15(14-4-2-1-3-5-14)29-30(19)21-27-16(11-34-21)20(31)28-26-10-13-6-7-17-18(8-13)33-12-32-17/h1-11H,12H2,(H,28,31)/b26-10+. The van der Waals surface area contributed by atoms with Crippen LogP contribution in [0.1, 0.15) is 21.7 Å². The van der Waals surface area contributed by atoms with Gasteiger partial charge in [-0.3, -0.25) is 4.79 Å². The molecule has 12 heteroatoms. The lowest BCUT2D eigenvalue weighted by molar-refractivity contribution is -0.142. The van der Waals surface area contributed by atoms with Gasteiger partial charge in [0, 0.05) is 10.9 Å². The number of alkyl halides is 3. The molecular weight excluding hydrogens is 471 g/mol. The van der Waals surface area contributed by atoms with Crippen LogP contribution < -0.4 is 14.9 Å². The van der Waals surface area contributed by atoms with Crippen LogP contribution in [0.15, 0.2) is 65.1 Å². The van der Waals surface area contributed by atoms with Gasteiger partial charge in [-0.15, -0.1) is 11.3 Å². The van der Waals surface area contributed by atoms with Gasteiger partial charge in [0.15, 0.2) is 17.2 Å². The van der Waals surface area contributed by atoms with Crippen LogP contribution in [-0.2, 0) is 6.18 Å². The minimum atomic E-state index is -4.66. The molecule has 172 valence electrons. The molecule has 3 heterocycles. The van der Waals surface area contributed by atoms with Gasteiger partial charge in [0.05, 0.1) is 11.9 Å². The van der Waals surface area contributed by atoms with E-state index >= 15 is 0 Å². The van der Waals surface area contributed by atoms with E-state index in [0.717, 1.165) is 17.4 Å². The van der Waals surface area contributed by atoms with Gasteiger partial charge in [-0.05, 0) is 29.8 Å². The quantitative estimate of drug-likeness (QED) is 0.332. The third kappa shape index (κ3) is 4.35. The number of hydrazone groups is 1. The lowest BCUT2D eigenvalue weighted by Gasteiger charge is -2.06. The maximum atomic E-state index is 13.6. The Hall–Kier alpha value is -4.19. The molecule has 34 heavy (non-hydrogen) atoms. The monoisotopic (exact) mass is 485 g/mol. The van der Waals surface area contributed by atoms with Crippen molar-refractivity contribution in [2.45, 2.75) is 6.18 Å². The molecule has 0 aliphatic carbocycles. The Morgan fingerprint density at radius 2 is 1.91 bits per heavy atom. The Morgan fingerprint density at radius 1 is 1.12 bits per heavy atom. The summed E-state index contributed by atoms with van der Waals surface area (Å²) in [5.74, 6) is 0.501. The number of nitrogens with one attached hydrogen (secondary N) is 1. The Morgan fingerprint density at radius 3 is 2.71 bits per heavy atom. The third-order valence-electron chi connectivity index (χ3n) is 4.75. The molecule has 5 rings (SSSR count). The molecule has 2 aromatic heterocycles. The van der Waals surface area contributed by atoms with E-state index in [1.807, 2.05) is 0 Å². The number of hydrogen-bond acceptors (Lipinski definition) is 7. The first-order chi connectivity index (χ1) is 16.4. The predicted molar refractivity (Wildman–Crippen MR) is 117 cm³/mol. The molecular formula is C22H14F3N5O3S. The fourth-order valence-electron chi connectivity index (χ4n) is 3.16. The van der Waals surface area contributed by atoms with Gasteiger partial charge in [0.25, 0.3) is 5.91 Å². The summed E-state index contributed by atoms with van der Waals surface area (Å²) in [5, 5.41) is 9.19. The number of amides is 1. The van der Waals surface area contributed by atoms with Crippen molar-refractivity contribution in [3.63, 3.8) is 0 Å². The van der Waals surface area contributed by atoms with E-state index < -0.39 is 17.8 Å². The molecule has 4 aromatic rings. The number of aromatic nitrogens is 3. The summed E-state index contributed by atoms with van der Waals surface area (Å²) in [5.41, 5.74) is 2.55. The van der Waals surface area contributed by atoms with Crippen molar-refractivity contribution in [2.75, 3.05) is 6.79 Å². The first-order valence-corrected chi connectivity index (χ1v) is 10.7. The molecule has 1 aliphatic heterocycles. The van der Waals surface area contributed by atoms with E-state index in [9.17, 15) is 18.0 Å². The van der Waals surface area contributed by atoms with Gasteiger partial charge < -0.3 is 9.47 Å². The minimum Gasteiger partial charge on any atom is -0.454 e. The summed E-state index contributed by atoms with van der Waals surface area (Å²) in [4.78, 5) is 16.4. The van der Waals surface area contributed by atoms with Crippen LogP contribution in [0.5, 0.6) is 11.5 Å². The minimum absolute atomic E-state index is 0.0901. The highest BCUT2D eigenvalue weighted by atomic mass is 32.1. The molecule has 0 radical (unpaired) electrons. The number of thiazole rings is 1. The average Bonchev–Trinajstić information content (AvgIpc) is 3.57. The van der Waals surface area contributed by atoms with E-state index in [4.69, 9.17) is 9.47 Å². The van der Waals surface area contributed by atoms with Crippen molar-refractivity contribution in [3.8, 4) is 27.9 Å². The maximum Gasteiger partial charge on any atom is 0.433 e. The second-order valence-corrected chi connectivity index (χ2v) is 7.85. The highest BCUT2D eigenvalue weighted by molar-refractivity contribution is 7.12. The summed E-state index contributed by atoms with van der Waals surface area (Å²) in [7, 11) is 0. The summed E-state index contributed by atoms with van der Waals surface area (Å²) in [6, 6.07) is 14.6. The van der Waals surface area contributed by atoms with E-state index in [2.05, 4.69) is 20.6 Å². The van der Waals surface area contributed by atoms with Crippen LogP contribution in [0.2, 0.25) is 0 Å². The van der Waals surface area contributed by atoms with Crippen molar-refractivity contribution in [3.05, 3.63) is 76.9 Å². The second kappa shape index (κ2) is 8.63. The van der Waals surface area contributed by atoms with Crippen LogP contribution in [0.3, 0.4) is 0 Å². The van der Waals surface area contributed by atoms with E-state index in [1.54, 1.807) is 48.5 Å². The van der Waals surface area contributed by atoms with Crippen LogP contribution in [-0.4, -0.2) is 33.7 Å². The van der Waals surface area contributed by atoms with Gasteiger partial charge >= 0.3 is 6.18 Å². The number of hydrogen-bond donors (Lipinski definition) is 1. The van der Waals surface area contributed by atoms with Gasteiger partial charge in [0.2, 0.25) is 11.9 Å². The zero-order chi connectivity index (χ0) is 23.7. The number of benzene rings is 2. The number of halogens is 3. The average molecular weight is 485 g/mol. The summed E-state index contributed by atoms with van der Waals surface area (Å²) in [6.07, 6.45) is -3.27. The highest BCUT2D eigenvalue weighted by Crippen LogP contribution is 2.35. The number of carbonyl (C=O) groups excluding carboxylic acids is 1. The molecule has 1 aliphatic rings. The number of ether oxygens (including phenoxy) is 2. The van der Waals surface area contributed by atoms with Crippen LogP contribution in [0.4, 0.5) is 13.2 Å². The Bertz CT molecular complexity index is 1380. The first kappa shape index (κ1) is 21.6. The molecule has 1 N–H and O–H groups in total. The maximum absolute atomic E-state index is 13.6. The Labute approximate surface area is 194 Å². The molecule has 0 bridgehead atoms. The Balaban J connectivity index is 1.35. The molecule has 1 amide bonds. The largest absolute Gasteiger partial charge is 0.454 e. The second-order valence-electron chi connectivity index (χ2n) is 7.02. The van der Waals surface area contributed by atoms with Crippen molar-refractivity contribution < 1.29 is 27.4 Å². The van der Waals surface area contributed by atoms with Crippen molar-refractivity contribution in [1.82, 2.24) is 20.2 Å². The third-order valence-corrected chi connectivity index (χ3v) is 5.57. The number of carbonyl (C=O) groups is 1. The molecule has 0 saturated carbocycles. The van der Waals surface area contributed by atoms with Crippen molar-refractivity contribution in [2.24, 2.45) is 5.10 Å². The number of nitrogens with zero attached hydrogens (tertiary/aromatic N) is 4. The lowest BCUT2D eigenvalue weighted by atomic mass is 10.1. The van der Waals surface area contributed by atoms with E-state index in [0.29, 0.717) is 27.3 Å². The molecule has 2 aromatic carbocycles. The first-order valence-electron chi connectivity index (χ1n) is 9.80. The van der Waals surface area contributed by atoms with Crippen LogP contribution in [0.25, 0.3) is 16.4 Å². The van der Waals surface area contributed by atoms with Gasteiger partial charge in [-0.2, -0.15) is 23.4 Å². The molecule has 0 fully saturated rings. The number of fused-ring (bicyclic) bond motifs is 1. The topological polar surface area (TPSA) is 90.6 Å². The van der Waals surface area contributed by atoms with Crippen molar-refractivity contribution >= 4 is 23.5 Å². The molecule has 0 atom stereocenters. The highest BCUT2D eigenvalue weighted by Gasteiger charge is 2.37. The Kier molecular flexibility index (Phi) is 5.49. The smallest absolute Gasteiger partial charge is 0.433 e. The summed E-state index contributed by atoms with van der Waals surface area (Å²) < 4.78 is 52.1. The van der Waals surface area contributed by atoms with E-state index in [-0.39, 0.29) is 23.3 Å². The van der Waals surface area contributed by atoms with E-state index in [1.165, 1.54) is 11.6 Å². The lowest BCUT2D eigenvalue weighted by Crippen LogP contribution is -2.18. The molecule has 8 nitrogen and oxygen atoms in total. The fourth-order valence-corrected chi connectivity index (χ4v) is 3.93. The molecule has 0 saturated heterocycles. The van der Waals surface area contributed by atoms with Crippen LogP contribution in [0, 0.1) is 0 Å². The van der Waals surface area contributed by atoms with Crippen molar-refractivity contribution in [1.29, 1.82) is 0 Å².